The minimum atomic E-state index is -0.263. The van der Waals surface area contributed by atoms with E-state index in [2.05, 4.69) is 15.0 Å². The van der Waals surface area contributed by atoms with Crippen LogP contribution in [0.4, 0.5) is 4.39 Å². The normalized spacial score (nSPS) is 11.1. The largest absolute Gasteiger partial charge is 0.318 e. The van der Waals surface area contributed by atoms with Crippen molar-refractivity contribution in [2.24, 2.45) is 7.05 Å². The Hall–Kier alpha value is -2.01. The monoisotopic (exact) mass is 276 g/mol. The average Bonchev–Trinajstić information content (AvgIpc) is 2.74. The Bertz CT molecular complexity index is 753. The Kier molecular flexibility index (Phi) is 2.91. The quantitative estimate of drug-likeness (QED) is 0.676. The number of nitrogens with zero attached hydrogens (tertiary/aromatic N) is 4. The molecule has 0 atom stereocenters. The summed E-state index contributed by atoms with van der Waals surface area (Å²) in [5.41, 5.74) is 2.48. The SMILES string of the molecule is Cn1cnc2c(Cc3ccccc3F)nc(Cl)nc21. The van der Waals surface area contributed by atoms with Gasteiger partial charge in [0.1, 0.15) is 11.3 Å². The molecule has 0 unspecified atom stereocenters. The topological polar surface area (TPSA) is 43.6 Å². The van der Waals surface area contributed by atoms with Gasteiger partial charge in [-0.05, 0) is 23.2 Å². The van der Waals surface area contributed by atoms with Gasteiger partial charge in [-0.25, -0.2) is 14.4 Å². The predicted molar refractivity (Wildman–Crippen MR) is 70.5 cm³/mol. The number of rotatable bonds is 2. The predicted octanol–water partition coefficient (Wildman–Crippen LogP) is 2.75. The van der Waals surface area contributed by atoms with Crippen LogP contribution in [0.15, 0.2) is 30.6 Å². The third-order valence-corrected chi connectivity index (χ3v) is 3.09. The van der Waals surface area contributed by atoms with Crippen molar-refractivity contribution in [3.05, 3.63) is 53.0 Å². The molecule has 0 aliphatic rings. The molecule has 6 heteroatoms. The highest BCUT2D eigenvalue weighted by molar-refractivity contribution is 6.28. The van der Waals surface area contributed by atoms with E-state index in [1.54, 1.807) is 29.1 Å². The summed E-state index contributed by atoms with van der Waals surface area (Å²) in [7, 11) is 1.82. The lowest BCUT2D eigenvalue weighted by atomic mass is 10.1. The van der Waals surface area contributed by atoms with Crippen LogP contribution in [0, 0.1) is 5.82 Å². The number of hydrogen-bond acceptors (Lipinski definition) is 3. The first-order chi connectivity index (χ1) is 9.15. The molecule has 3 rings (SSSR count). The Morgan fingerprint density at radius 2 is 2.05 bits per heavy atom. The van der Waals surface area contributed by atoms with Gasteiger partial charge in [-0.15, -0.1) is 0 Å². The molecule has 3 aromatic rings. The first-order valence-electron chi connectivity index (χ1n) is 5.72. The van der Waals surface area contributed by atoms with E-state index in [0.29, 0.717) is 28.8 Å². The van der Waals surface area contributed by atoms with E-state index in [-0.39, 0.29) is 11.1 Å². The highest BCUT2D eigenvalue weighted by Gasteiger charge is 2.13. The van der Waals surface area contributed by atoms with Crippen molar-refractivity contribution in [1.82, 2.24) is 19.5 Å². The van der Waals surface area contributed by atoms with E-state index in [9.17, 15) is 4.39 Å². The van der Waals surface area contributed by atoms with Gasteiger partial charge in [-0.2, -0.15) is 4.98 Å². The second-order valence-corrected chi connectivity index (χ2v) is 4.57. The number of hydrogen-bond donors (Lipinski definition) is 0. The van der Waals surface area contributed by atoms with Gasteiger partial charge in [0.15, 0.2) is 5.65 Å². The standard InChI is InChI=1S/C13H10ClFN4/c1-19-7-16-11-10(17-13(14)18-12(11)19)6-8-4-2-3-5-9(8)15/h2-5,7H,6H2,1H3. The second kappa shape index (κ2) is 4.59. The summed E-state index contributed by atoms with van der Waals surface area (Å²) in [5, 5.41) is 0.141. The third kappa shape index (κ3) is 2.17. The van der Waals surface area contributed by atoms with Gasteiger partial charge in [-0.1, -0.05) is 18.2 Å². The van der Waals surface area contributed by atoms with Crippen molar-refractivity contribution in [2.45, 2.75) is 6.42 Å². The van der Waals surface area contributed by atoms with E-state index >= 15 is 0 Å². The molecule has 2 aromatic heterocycles. The van der Waals surface area contributed by atoms with Crippen LogP contribution < -0.4 is 0 Å². The average molecular weight is 277 g/mol. The first kappa shape index (κ1) is 12.0. The molecule has 2 heterocycles. The number of fused-ring (bicyclic) bond motifs is 1. The van der Waals surface area contributed by atoms with Crippen molar-refractivity contribution >= 4 is 22.8 Å². The van der Waals surface area contributed by atoms with Crippen molar-refractivity contribution in [3.8, 4) is 0 Å². The molecule has 0 aliphatic heterocycles. The second-order valence-electron chi connectivity index (χ2n) is 4.24. The van der Waals surface area contributed by atoms with E-state index in [1.165, 1.54) is 6.07 Å². The van der Waals surface area contributed by atoms with Crippen molar-refractivity contribution in [1.29, 1.82) is 0 Å². The Balaban J connectivity index is 2.13. The molecule has 0 fully saturated rings. The summed E-state index contributed by atoms with van der Waals surface area (Å²) in [4.78, 5) is 12.5. The first-order valence-corrected chi connectivity index (χ1v) is 6.10. The lowest BCUT2D eigenvalue weighted by molar-refractivity contribution is 0.613. The summed E-state index contributed by atoms with van der Waals surface area (Å²) >= 11 is 5.90. The maximum Gasteiger partial charge on any atom is 0.224 e. The van der Waals surface area contributed by atoms with Crippen LogP contribution in [-0.4, -0.2) is 19.5 Å². The Labute approximate surface area is 113 Å². The molecule has 96 valence electrons. The number of benzene rings is 1. The van der Waals surface area contributed by atoms with Gasteiger partial charge in [-0.3, -0.25) is 0 Å². The summed E-state index contributed by atoms with van der Waals surface area (Å²) in [6, 6.07) is 6.59. The zero-order valence-electron chi connectivity index (χ0n) is 10.1. The van der Waals surface area contributed by atoms with Gasteiger partial charge in [0.25, 0.3) is 0 Å². The molecular formula is C13H10ClFN4. The fourth-order valence-corrected chi connectivity index (χ4v) is 2.16. The van der Waals surface area contributed by atoms with E-state index in [4.69, 9.17) is 11.6 Å². The summed E-state index contributed by atoms with van der Waals surface area (Å²) in [6.07, 6.45) is 1.98. The van der Waals surface area contributed by atoms with Crippen molar-refractivity contribution in [2.75, 3.05) is 0 Å². The van der Waals surface area contributed by atoms with E-state index in [1.807, 2.05) is 7.05 Å². The molecule has 0 saturated carbocycles. The molecule has 0 saturated heterocycles. The molecule has 4 nitrogen and oxygen atoms in total. The lowest BCUT2D eigenvalue weighted by Gasteiger charge is -2.04. The van der Waals surface area contributed by atoms with E-state index < -0.39 is 0 Å². The number of halogens is 2. The molecule has 0 N–H and O–H groups in total. The molecule has 1 aromatic carbocycles. The minimum absolute atomic E-state index is 0.141. The number of aromatic nitrogens is 4. The lowest BCUT2D eigenvalue weighted by Crippen LogP contribution is -2.00. The maximum absolute atomic E-state index is 13.7. The molecule has 0 radical (unpaired) electrons. The third-order valence-electron chi connectivity index (χ3n) is 2.92. The van der Waals surface area contributed by atoms with Crippen LogP contribution in [0.5, 0.6) is 0 Å². The molecular weight excluding hydrogens is 267 g/mol. The summed E-state index contributed by atoms with van der Waals surface area (Å²) in [6.45, 7) is 0. The molecule has 0 spiro atoms. The van der Waals surface area contributed by atoms with Crippen LogP contribution in [0.2, 0.25) is 5.28 Å². The van der Waals surface area contributed by atoms with Gasteiger partial charge in [0.2, 0.25) is 5.28 Å². The summed E-state index contributed by atoms with van der Waals surface area (Å²) in [5.74, 6) is -0.263. The molecule has 0 bridgehead atoms. The van der Waals surface area contributed by atoms with Crippen molar-refractivity contribution < 1.29 is 4.39 Å². The fourth-order valence-electron chi connectivity index (χ4n) is 1.98. The van der Waals surface area contributed by atoms with Gasteiger partial charge in [0, 0.05) is 13.5 Å². The highest BCUT2D eigenvalue weighted by atomic mass is 35.5. The van der Waals surface area contributed by atoms with Gasteiger partial charge < -0.3 is 4.57 Å². The molecule has 0 aliphatic carbocycles. The van der Waals surface area contributed by atoms with Crippen LogP contribution in [0.25, 0.3) is 11.2 Å². The summed E-state index contributed by atoms with van der Waals surface area (Å²) < 4.78 is 15.4. The number of imidazole rings is 1. The Morgan fingerprint density at radius 3 is 2.84 bits per heavy atom. The molecule has 0 amide bonds. The van der Waals surface area contributed by atoms with Crippen molar-refractivity contribution in [3.63, 3.8) is 0 Å². The van der Waals surface area contributed by atoms with Gasteiger partial charge in [0.05, 0.1) is 12.0 Å². The highest BCUT2D eigenvalue weighted by Crippen LogP contribution is 2.20. The smallest absolute Gasteiger partial charge is 0.224 e. The Morgan fingerprint density at radius 1 is 1.26 bits per heavy atom. The van der Waals surface area contributed by atoms with Crippen LogP contribution in [-0.2, 0) is 13.5 Å². The zero-order valence-corrected chi connectivity index (χ0v) is 10.9. The number of aryl methyl sites for hydroxylation is 1. The fraction of sp³-hybridized carbons (Fsp3) is 0.154. The zero-order chi connectivity index (χ0) is 13.4. The van der Waals surface area contributed by atoms with Crippen LogP contribution in [0.3, 0.4) is 0 Å². The van der Waals surface area contributed by atoms with E-state index in [0.717, 1.165) is 0 Å². The minimum Gasteiger partial charge on any atom is -0.318 e. The van der Waals surface area contributed by atoms with Crippen LogP contribution >= 0.6 is 11.6 Å². The maximum atomic E-state index is 13.7. The van der Waals surface area contributed by atoms with Crippen LogP contribution in [0.1, 0.15) is 11.3 Å². The van der Waals surface area contributed by atoms with Gasteiger partial charge >= 0.3 is 0 Å². The molecule has 19 heavy (non-hydrogen) atoms.